The number of carbonyl (C=O) groups is 1. The molecule has 2 N–H and O–H groups in total. The quantitative estimate of drug-likeness (QED) is 0.555. The molecule has 4 nitrogen and oxygen atoms in total. The highest BCUT2D eigenvalue weighted by molar-refractivity contribution is 5.99. The van der Waals surface area contributed by atoms with Gasteiger partial charge in [0.1, 0.15) is 12.4 Å². The number of H-pyrrole nitrogens is 1. The Morgan fingerprint density at radius 1 is 0.880 bits per heavy atom. The first-order valence-corrected chi connectivity index (χ1v) is 8.04. The zero-order valence-electron chi connectivity index (χ0n) is 13.4. The largest absolute Gasteiger partial charge is 0.388 e. The molecule has 4 aromatic rings. The summed E-state index contributed by atoms with van der Waals surface area (Å²) in [6.45, 7) is -0.494. The van der Waals surface area contributed by atoms with Crippen LogP contribution in [0.1, 0.15) is 10.4 Å². The van der Waals surface area contributed by atoms with Gasteiger partial charge in [-0.3, -0.25) is 4.79 Å². The lowest BCUT2D eigenvalue weighted by Crippen LogP contribution is -2.03. The highest BCUT2D eigenvalue weighted by atomic mass is 16.3. The van der Waals surface area contributed by atoms with Gasteiger partial charge in [0.25, 0.3) is 0 Å². The third-order valence-electron chi connectivity index (χ3n) is 4.19. The number of fused-ring (bicyclic) bond motifs is 1. The zero-order chi connectivity index (χ0) is 17.2. The first kappa shape index (κ1) is 15.3. The highest BCUT2D eigenvalue weighted by Gasteiger charge is 2.10. The van der Waals surface area contributed by atoms with E-state index in [9.17, 15) is 4.79 Å². The van der Waals surface area contributed by atoms with Crippen molar-refractivity contribution in [2.45, 2.75) is 0 Å². The number of Topliss-reactive ketones (excluding diaryl/α,β-unsaturated/α-hetero) is 1. The van der Waals surface area contributed by atoms with Crippen molar-refractivity contribution >= 4 is 16.8 Å². The van der Waals surface area contributed by atoms with Crippen LogP contribution in [0.2, 0.25) is 0 Å². The molecule has 0 spiro atoms. The van der Waals surface area contributed by atoms with Crippen molar-refractivity contribution < 1.29 is 9.90 Å². The summed E-state index contributed by atoms with van der Waals surface area (Å²) in [7, 11) is 0. The third kappa shape index (κ3) is 2.95. The number of hydrogen-bond donors (Lipinski definition) is 2. The monoisotopic (exact) mass is 328 g/mol. The van der Waals surface area contributed by atoms with Crippen molar-refractivity contribution in [1.82, 2.24) is 9.97 Å². The minimum absolute atomic E-state index is 0.302. The molecular weight excluding hydrogens is 312 g/mol. The second kappa shape index (κ2) is 6.34. The Morgan fingerprint density at radius 2 is 1.64 bits per heavy atom. The van der Waals surface area contributed by atoms with E-state index in [1.807, 2.05) is 30.3 Å². The van der Waals surface area contributed by atoms with Gasteiger partial charge in [-0.2, -0.15) is 0 Å². The fourth-order valence-electron chi connectivity index (χ4n) is 2.89. The average Bonchev–Trinajstić information content (AvgIpc) is 3.11. The second-order valence-electron chi connectivity index (χ2n) is 5.85. The summed E-state index contributed by atoms with van der Waals surface area (Å²) in [5.74, 6) is 0.450. The van der Waals surface area contributed by atoms with E-state index in [1.165, 1.54) is 0 Å². The lowest BCUT2D eigenvalue weighted by Gasteiger charge is -2.03. The van der Waals surface area contributed by atoms with E-state index in [0.717, 1.165) is 33.5 Å². The zero-order valence-corrected chi connectivity index (χ0v) is 13.4. The molecule has 0 amide bonds. The highest BCUT2D eigenvalue weighted by Crippen LogP contribution is 2.26. The Kier molecular flexibility index (Phi) is 3.88. The lowest BCUT2D eigenvalue weighted by molar-refractivity contribution is 0.0904. The summed E-state index contributed by atoms with van der Waals surface area (Å²) in [4.78, 5) is 19.5. The number of aliphatic hydroxyl groups is 1. The molecule has 0 saturated heterocycles. The Morgan fingerprint density at radius 3 is 2.44 bits per heavy atom. The molecular formula is C21H16N2O2. The molecule has 0 unspecified atom stereocenters. The van der Waals surface area contributed by atoms with Crippen LogP contribution in [0, 0.1) is 0 Å². The van der Waals surface area contributed by atoms with Crippen molar-refractivity contribution in [2.24, 2.45) is 0 Å². The minimum Gasteiger partial charge on any atom is -0.388 e. The minimum atomic E-state index is -0.494. The number of ketones is 1. The number of aromatic amines is 1. The van der Waals surface area contributed by atoms with Crippen molar-refractivity contribution in [3.05, 3.63) is 78.4 Å². The van der Waals surface area contributed by atoms with Gasteiger partial charge in [-0.25, -0.2) is 4.98 Å². The molecule has 25 heavy (non-hydrogen) atoms. The van der Waals surface area contributed by atoms with Crippen LogP contribution in [0.25, 0.3) is 33.5 Å². The van der Waals surface area contributed by atoms with Crippen LogP contribution in [0.15, 0.2) is 72.8 Å². The molecule has 4 heteroatoms. The Bertz CT molecular complexity index is 1050. The average molecular weight is 328 g/mol. The van der Waals surface area contributed by atoms with E-state index >= 15 is 0 Å². The Labute approximate surface area is 144 Å². The summed E-state index contributed by atoms with van der Waals surface area (Å²) >= 11 is 0. The molecule has 4 rings (SSSR count). The summed E-state index contributed by atoms with van der Waals surface area (Å²) < 4.78 is 0. The summed E-state index contributed by atoms with van der Waals surface area (Å²) in [6, 6.07) is 23.6. The Balaban J connectivity index is 1.76. The molecule has 1 heterocycles. The smallest absolute Gasteiger partial charge is 0.188 e. The predicted octanol–water partition coefficient (Wildman–Crippen LogP) is 4.07. The van der Waals surface area contributed by atoms with Gasteiger partial charge in [0, 0.05) is 11.1 Å². The first-order valence-electron chi connectivity index (χ1n) is 8.04. The van der Waals surface area contributed by atoms with E-state index in [0.29, 0.717) is 5.56 Å². The normalized spacial score (nSPS) is 10.9. The van der Waals surface area contributed by atoms with Crippen molar-refractivity contribution in [3.8, 4) is 22.5 Å². The van der Waals surface area contributed by atoms with Gasteiger partial charge in [-0.15, -0.1) is 0 Å². The summed E-state index contributed by atoms with van der Waals surface area (Å²) in [6.07, 6.45) is 0. The lowest BCUT2D eigenvalue weighted by atomic mass is 10.0. The van der Waals surface area contributed by atoms with Gasteiger partial charge in [0.2, 0.25) is 0 Å². The van der Waals surface area contributed by atoms with Gasteiger partial charge in [-0.1, -0.05) is 48.5 Å². The van der Waals surface area contributed by atoms with Crippen LogP contribution in [-0.4, -0.2) is 27.5 Å². The number of imidazole rings is 1. The van der Waals surface area contributed by atoms with E-state index < -0.39 is 6.61 Å². The molecule has 0 saturated carbocycles. The molecule has 122 valence electrons. The van der Waals surface area contributed by atoms with Gasteiger partial charge in [0.05, 0.1) is 11.0 Å². The molecule has 0 atom stereocenters. The number of aliphatic hydroxyl groups excluding tert-OH is 1. The van der Waals surface area contributed by atoms with E-state index in [2.05, 4.69) is 34.2 Å². The number of benzene rings is 3. The van der Waals surface area contributed by atoms with Crippen LogP contribution in [0.3, 0.4) is 0 Å². The molecule has 0 aliphatic carbocycles. The van der Waals surface area contributed by atoms with Gasteiger partial charge < -0.3 is 10.1 Å². The predicted molar refractivity (Wildman–Crippen MR) is 98.4 cm³/mol. The van der Waals surface area contributed by atoms with Crippen molar-refractivity contribution in [2.75, 3.05) is 6.61 Å². The topological polar surface area (TPSA) is 66.0 Å². The van der Waals surface area contributed by atoms with Gasteiger partial charge in [-0.05, 0) is 35.4 Å². The molecule has 0 fully saturated rings. The number of nitrogens with one attached hydrogen (secondary N) is 1. The van der Waals surface area contributed by atoms with Crippen LogP contribution >= 0.6 is 0 Å². The molecule has 0 radical (unpaired) electrons. The molecule has 1 aromatic heterocycles. The summed E-state index contributed by atoms with van der Waals surface area (Å²) in [5.41, 5.74) is 5.29. The van der Waals surface area contributed by atoms with E-state index in [-0.39, 0.29) is 5.78 Å². The van der Waals surface area contributed by atoms with Gasteiger partial charge in [0.15, 0.2) is 5.78 Å². The van der Waals surface area contributed by atoms with Crippen LogP contribution < -0.4 is 0 Å². The second-order valence-corrected chi connectivity index (χ2v) is 5.85. The third-order valence-corrected chi connectivity index (χ3v) is 4.19. The molecule has 0 bridgehead atoms. The Hall–Kier alpha value is -3.24. The van der Waals surface area contributed by atoms with E-state index in [4.69, 9.17) is 5.11 Å². The maximum Gasteiger partial charge on any atom is 0.188 e. The number of carbonyl (C=O) groups excluding carboxylic acids is 1. The van der Waals surface area contributed by atoms with Crippen LogP contribution in [-0.2, 0) is 0 Å². The maximum atomic E-state index is 11.7. The fraction of sp³-hybridized carbons (Fsp3) is 0.0476. The molecule has 0 aliphatic rings. The van der Waals surface area contributed by atoms with Crippen LogP contribution in [0.5, 0.6) is 0 Å². The van der Waals surface area contributed by atoms with Crippen LogP contribution in [0.4, 0.5) is 0 Å². The maximum absolute atomic E-state index is 11.7. The number of hydrogen-bond acceptors (Lipinski definition) is 3. The number of nitrogens with zero attached hydrogens (tertiary/aromatic N) is 1. The first-order chi connectivity index (χ1) is 12.2. The number of aromatic nitrogens is 2. The molecule has 3 aromatic carbocycles. The van der Waals surface area contributed by atoms with Crippen molar-refractivity contribution in [3.63, 3.8) is 0 Å². The number of rotatable bonds is 4. The van der Waals surface area contributed by atoms with Gasteiger partial charge >= 0.3 is 0 Å². The van der Waals surface area contributed by atoms with Crippen molar-refractivity contribution in [1.29, 1.82) is 0 Å². The summed E-state index contributed by atoms with van der Waals surface area (Å²) in [5, 5.41) is 9.01. The fourth-order valence-corrected chi connectivity index (χ4v) is 2.89. The molecule has 0 aliphatic heterocycles. The SMILES string of the molecule is O=C(CO)c1ccc2nc(-c3cccc(-c4ccccc4)c3)[nH]c2c1. The van der Waals surface area contributed by atoms with E-state index in [1.54, 1.807) is 18.2 Å². The standard InChI is InChI=1S/C21H16N2O2/c24-13-20(25)16-9-10-18-19(12-16)23-21(22-18)17-8-4-7-15(11-17)14-5-2-1-3-6-14/h1-12,24H,13H2,(H,22,23).